The van der Waals surface area contributed by atoms with Crippen molar-refractivity contribution in [3.05, 3.63) is 39.5 Å². The van der Waals surface area contributed by atoms with Gasteiger partial charge in [0.1, 0.15) is 17.2 Å². The Balaban J connectivity index is 2.31. The molecule has 1 heterocycles. The minimum absolute atomic E-state index is 0.118. The Bertz CT molecular complexity index is 713. The number of hydrogen-bond acceptors (Lipinski definition) is 3. The fourth-order valence-corrected chi connectivity index (χ4v) is 3.38. The SMILES string of the molecule is C[C@@H](N[S@](=O)C(C)(C)C)c1ccc(F)c2c1OC(C)(CN=[N+]=[N-])C2. The minimum atomic E-state index is -1.26. The Morgan fingerprint density at radius 3 is 2.79 bits per heavy atom. The van der Waals surface area contributed by atoms with Gasteiger partial charge in [-0.25, -0.2) is 13.3 Å². The Kier molecular flexibility index (Phi) is 5.22. The molecule has 0 aliphatic carbocycles. The van der Waals surface area contributed by atoms with Crippen molar-refractivity contribution in [2.45, 2.75) is 57.4 Å². The van der Waals surface area contributed by atoms with Crippen molar-refractivity contribution in [3.8, 4) is 5.75 Å². The van der Waals surface area contributed by atoms with E-state index in [1.54, 1.807) is 13.0 Å². The summed E-state index contributed by atoms with van der Waals surface area (Å²) in [6, 6.07) is 2.77. The summed E-state index contributed by atoms with van der Waals surface area (Å²) >= 11 is 0. The summed E-state index contributed by atoms with van der Waals surface area (Å²) in [5, 5.41) is 3.56. The van der Waals surface area contributed by atoms with Crippen molar-refractivity contribution < 1.29 is 13.3 Å². The van der Waals surface area contributed by atoms with Crippen molar-refractivity contribution in [3.63, 3.8) is 0 Å². The first-order valence-electron chi connectivity index (χ1n) is 7.76. The summed E-state index contributed by atoms with van der Waals surface area (Å²) in [5.74, 6) is 0.110. The van der Waals surface area contributed by atoms with Gasteiger partial charge in [0.25, 0.3) is 0 Å². The van der Waals surface area contributed by atoms with E-state index in [9.17, 15) is 8.60 Å². The molecule has 3 atom stereocenters. The average molecular weight is 354 g/mol. The molecular weight excluding hydrogens is 331 g/mol. The predicted molar refractivity (Wildman–Crippen MR) is 92.6 cm³/mol. The molecule has 0 saturated carbocycles. The number of benzene rings is 1. The van der Waals surface area contributed by atoms with Crippen LogP contribution in [-0.2, 0) is 17.4 Å². The highest BCUT2D eigenvalue weighted by molar-refractivity contribution is 7.84. The summed E-state index contributed by atoms with van der Waals surface area (Å²) in [6.07, 6.45) is 0.329. The van der Waals surface area contributed by atoms with Crippen LogP contribution in [0.2, 0.25) is 0 Å². The lowest BCUT2D eigenvalue weighted by Crippen LogP contribution is -2.35. The van der Waals surface area contributed by atoms with E-state index in [-0.39, 0.29) is 18.4 Å². The number of rotatable bonds is 5. The highest BCUT2D eigenvalue weighted by Gasteiger charge is 2.38. The van der Waals surface area contributed by atoms with Gasteiger partial charge in [0.2, 0.25) is 0 Å². The quantitative estimate of drug-likeness (QED) is 0.493. The number of nitrogens with zero attached hydrogens (tertiary/aromatic N) is 3. The highest BCUT2D eigenvalue weighted by atomic mass is 32.2. The molecule has 8 heteroatoms. The van der Waals surface area contributed by atoms with Gasteiger partial charge in [-0.05, 0) is 46.2 Å². The molecular formula is C16H23FN4O2S. The van der Waals surface area contributed by atoms with E-state index in [4.69, 9.17) is 10.3 Å². The lowest BCUT2D eigenvalue weighted by molar-refractivity contribution is 0.124. The number of ether oxygens (including phenoxy) is 1. The fraction of sp³-hybridized carbons (Fsp3) is 0.625. The molecule has 2 rings (SSSR count). The van der Waals surface area contributed by atoms with Crippen LogP contribution in [0, 0.1) is 5.82 Å². The average Bonchev–Trinajstić information content (AvgIpc) is 2.83. The number of halogens is 1. The number of hydrogen-bond donors (Lipinski definition) is 1. The van der Waals surface area contributed by atoms with Gasteiger partial charge < -0.3 is 4.74 Å². The summed E-state index contributed by atoms with van der Waals surface area (Å²) in [6.45, 7) is 9.41. The zero-order chi connectivity index (χ0) is 18.1. The first-order chi connectivity index (χ1) is 11.1. The largest absolute Gasteiger partial charge is 0.486 e. The molecule has 6 nitrogen and oxygen atoms in total. The van der Waals surface area contributed by atoms with Crippen LogP contribution in [-0.4, -0.2) is 21.1 Å². The van der Waals surface area contributed by atoms with Gasteiger partial charge in [-0.15, -0.1) is 0 Å². The van der Waals surface area contributed by atoms with E-state index in [1.807, 2.05) is 27.7 Å². The number of azide groups is 1. The maximum absolute atomic E-state index is 14.2. The molecule has 0 bridgehead atoms. The Labute approximate surface area is 144 Å². The number of nitrogens with one attached hydrogen (secondary N) is 1. The second-order valence-electron chi connectivity index (χ2n) is 7.28. The third-order valence-electron chi connectivity index (χ3n) is 3.91. The lowest BCUT2D eigenvalue weighted by Gasteiger charge is -2.25. The van der Waals surface area contributed by atoms with Crippen LogP contribution in [0.5, 0.6) is 5.75 Å². The van der Waals surface area contributed by atoms with Crippen molar-refractivity contribution in [1.82, 2.24) is 4.72 Å². The van der Waals surface area contributed by atoms with E-state index >= 15 is 0 Å². The molecule has 0 radical (unpaired) electrons. The van der Waals surface area contributed by atoms with Crippen molar-refractivity contribution in [2.75, 3.05) is 6.54 Å². The van der Waals surface area contributed by atoms with Gasteiger partial charge in [0, 0.05) is 28.5 Å². The lowest BCUT2D eigenvalue weighted by atomic mass is 9.97. The Morgan fingerprint density at radius 1 is 1.54 bits per heavy atom. The molecule has 1 aliphatic heterocycles. The van der Waals surface area contributed by atoms with Crippen molar-refractivity contribution >= 4 is 11.0 Å². The molecule has 1 aromatic rings. The molecule has 1 N–H and O–H groups in total. The van der Waals surface area contributed by atoms with Gasteiger partial charge in [-0.2, -0.15) is 0 Å². The first-order valence-corrected chi connectivity index (χ1v) is 8.91. The highest BCUT2D eigenvalue weighted by Crippen LogP contribution is 2.42. The second-order valence-corrected chi connectivity index (χ2v) is 9.28. The van der Waals surface area contributed by atoms with Crippen LogP contribution in [0.15, 0.2) is 17.2 Å². The maximum Gasteiger partial charge on any atom is 0.131 e. The summed E-state index contributed by atoms with van der Waals surface area (Å²) < 4.78 is 35.1. The Morgan fingerprint density at radius 2 is 2.21 bits per heavy atom. The van der Waals surface area contributed by atoms with E-state index in [0.29, 0.717) is 17.7 Å². The van der Waals surface area contributed by atoms with Crippen molar-refractivity contribution in [2.24, 2.45) is 5.11 Å². The summed E-state index contributed by atoms with van der Waals surface area (Å²) in [5.41, 5.74) is 8.96. The van der Waals surface area contributed by atoms with Crippen LogP contribution in [0.1, 0.15) is 51.8 Å². The van der Waals surface area contributed by atoms with Crippen LogP contribution in [0.25, 0.3) is 10.4 Å². The summed E-state index contributed by atoms with van der Waals surface area (Å²) in [4.78, 5) is 2.75. The van der Waals surface area contributed by atoms with E-state index in [2.05, 4.69) is 14.7 Å². The first kappa shape index (κ1) is 18.7. The molecule has 1 aliphatic rings. The summed E-state index contributed by atoms with van der Waals surface area (Å²) in [7, 11) is -1.26. The topological polar surface area (TPSA) is 87.1 Å². The fourth-order valence-electron chi connectivity index (χ4n) is 2.57. The molecule has 0 spiro atoms. The molecule has 0 fully saturated rings. The zero-order valence-electron chi connectivity index (χ0n) is 14.6. The molecule has 1 aromatic carbocycles. The van der Waals surface area contributed by atoms with Crippen LogP contribution < -0.4 is 9.46 Å². The number of fused-ring (bicyclic) bond motifs is 1. The van der Waals surface area contributed by atoms with Crippen LogP contribution in [0.4, 0.5) is 4.39 Å². The molecule has 0 saturated heterocycles. The van der Waals surface area contributed by atoms with Gasteiger partial charge in [0.15, 0.2) is 0 Å². The third-order valence-corrected chi connectivity index (χ3v) is 5.59. The Hall–Kier alpha value is -1.63. The van der Waals surface area contributed by atoms with E-state index in [0.717, 1.165) is 5.56 Å². The van der Waals surface area contributed by atoms with Crippen molar-refractivity contribution in [1.29, 1.82) is 0 Å². The van der Waals surface area contributed by atoms with Gasteiger partial charge >= 0.3 is 0 Å². The second kappa shape index (κ2) is 6.70. The molecule has 132 valence electrons. The van der Waals surface area contributed by atoms with E-state index < -0.39 is 21.3 Å². The van der Waals surface area contributed by atoms with Gasteiger partial charge in [-0.3, -0.25) is 0 Å². The van der Waals surface area contributed by atoms with Gasteiger partial charge in [0.05, 0.1) is 22.3 Å². The molecule has 24 heavy (non-hydrogen) atoms. The maximum atomic E-state index is 14.2. The normalized spacial score (nSPS) is 22.2. The third kappa shape index (κ3) is 3.88. The van der Waals surface area contributed by atoms with Gasteiger partial charge in [-0.1, -0.05) is 11.2 Å². The minimum Gasteiger partial charge on any atom is -0.486 e. The van der Waals surface area contributed by atoms with Crippen LogP contribution >= 0.6 is 0 Å². The zero-order valence-corrected chi connectivity index (χ0v) is 15.4. The molecule has 1 unspecified atom stereocenters. The standard InChI is InChI=1S/C16H23FN4O2S/c1-10(20-24(22)15(2,3)4)11-6-7-13(17)12-8-16(5,9-19-21-18)23-14(11)12/h6-7,10,20H,8-9H2,1-5H3/t10-,16?,24-/m1/s1. The smallest absolute Gasteiger partial charge is 0.131 e. The molecule has 0 amide bonds. The van der Waals surface area contributed by atoms with Crippen LogP contribution in [0.3, 0.4) is 0 Å². The predicted octanol–water partition coefficient (Wildman–Crippen LogP) is 3.94. The van der Waals surface area contributed by atoms with E-state index in [1.165, 1.54) is 6.07 Å². The molecule has 0 aromatic heterocycles. The monoisotopic (exact) mass is 354 g/mol.